The van der Waals surface area contributed by atoms with E-state index >= 15 is 0 Å². The predicted octanol–water partition coefficient (Wildman–Crippen LogP) is 2.97. The molecule has 2 atom stereocenters. The average molecular weight is 335 g/mol. The Labute approximate surface area is 139 Å². The number of rotatable bonds is 4. The van der Waals surface area contributed by atoms with E-state index in [0.29, 0.717) is 25.4 Å². The van der Waals surface area contributed by atoms with Crippen LogP contribution in [0.4, 0.5) is 4.79 Å². The molecule has 7 heteroatoms. The van der Waals surface area contributed by atoms with Crippen LogP contribution in [0.15, 0.2) is 27.4 Å². The number of carbonyl (C=O) groups excluding carboxylic acids is 1. The average Bonchev–Trinajstić information content (AvgIpc) is 3.23. The largest absolute Gasteiger partial charge is 0.367 e. The van der Waals surface area contributed by atoms with Crippen molar-refractivity contribution < 1.29 is 14.1 Å². The highest BCUT2D eigenvalue weighted by atomic mass is 32.1. The Balaban J connectivity index is 1.57. The monoisotopic (exact) mass is 335 g/mol. The predicted molar refractivity (Wildman–Crippen MR) is 87.3 cm³/mol. The van der Waals surface area contributed by atoms with Crippen LogP contribution in [-0.4, -0.2) is 35.3 Å². The molecule has 1 aliphatic heterocycles. The number of nitrogens with one attached hydrogen (secondary N) is 1. The standard InChI is InChI=1S/C16H21N3O3S/c1-3-13-6-14(22-18-13)7-17-16(20)19-8-11(2)21-15(9-19)12-4-5-23-10-12/h4-6,10-11,15H,3,7-9H2,1-2H3,(H,17,20)/t11-,15-/m1/s1. The van der Waals surface area contributed by atoms with E-state index < -0.39 is 0 Å². The lowest BCUT2D eigenvalue weighted by Crippen LogP contribution is -2.49. The van der Waals surface area contributed by atoms with E-state index in [2.05, 4.69) is 15.9 Å². The third-order valence-electron chi connectivity index (χ3n) is 3.85. The van der Waals surface area contributed by atoms with Crippen LogP contribution in [0.25, 0.3) is 0 Å². The van der Waals surface area contributed by atoms with Gasteiger partial charge in [0.2, 0.25) is 0 Å². The van der Waals surface area contributed by atoms with Crippen LogP contribution < -0.4 is 5.32 Å². The molecule has 0 spiro atoms. The first-order valence-corrected chi connectivity index (χ1v) is 8.74. The number of nitrogens with zero attached hydrogens (tertiary/aromatic N) is 2. The van der Waals surface area contributed by atoms with Gasteiger partial charge >= 0.3 is 6.03 Å². The number of aryl methyl sites for hydroxylation is 1. The number of aromatic nitrogens is 1. The van der Waals surface area contributed by atoms with Gasteiger partial charge in [-0.15, -0.1) is 0 Å². The van der Waals surface area contributed by atoms with E-state index in [1.54, 1.807) is 16.2 Å². The zero-order valence-corrected chi connectivity index (χ0v) is 14.1. The number of morpholine rings is 1. The number of ether oxygens (including phenoxy) is 1. The highest BCUT2D eigenvalue weighted by Crippen LogP contribution is 2.26. The van der Waals surface area contributed by atoms with Crippen LogP contribution in [-0.2, 0) is 17.7 Å². The van der Waals surface area contributed by atoms with E-state index in [4.69, 9.17) is 9.26 Å². The van der Waals surface area contributed by atoms with E-state index in [1.165, 1.54) is 0 Å². The summed E-state index contributed by atoms with van der Waals surface area (Å²) >= 11 is 1.64. The van der Waals surface area contributed by atoms with Crippen LogP contribution in [0.3, 0.4) is 0 Å². The molecular formula is C16H21N3O3S. The molecule has 0 aliphatic carbocycles. The van der Waals surface area contributed by atoms with Gasteiger partial charge in [0.15, 0.2) is 5.76 Å². The fourth-order valence-corrected chi connectivity index (χ4v) is 3.34. The third kappa shape index (κ3) is 3.92. The molecule has 1 saturated heterocycles. The molecule has 0 radical (unpaired) electrons. The van der Waals surface area contributed by atoms with Crippen molar-refractivity contribution in [2.75, 3.05) is 13.1 Å². The molecule has 0 saturated carbocycles. The lowest BCUT2D eigenvalue weighted by atomic mass is 10.1. The van der Waals surface area contributed by atoms with E-state index in [0.717, 1.165) is 17.7 Å². The maximum Gasteiger partial charge on any atom is 0.317 e. The fourth-order valence-electron chi connectivity index (χ4n) is 2.64. The van der Waals surface area contributed by atoms with Crippen molar-refractivity contribution >= 4 is 17.4 Å². The molecule has 0 unspecified atom stereocenters. The van der Waals surface area contributed by atoms with Crippen LogP contribution in [0.5, 0.6) is 0 Å². The molecule has 1 aliphatic rings. The number of urea groups is 1. The van der Waals surface area contributed by atoms with Crippen LogP contribution in [0, 0.1) is 0 Å². The van der Waals surface area contributed by atoms with Gasteiger partial charge in [-0.25, -0.2) is 4.79 Å². The van der Waals surface area contributed by atoms with Crippen molar-refractivity contribution in [3.63, 3.8) is 0 Å². The first kappa shape index (κ1) is 16.0. The lowest BCUT2D eigenvalue weighted by Gasteiger charge is -2.36. The first-order valence-electron chi connectivity index (χ1n) is 7.80. The van der Waals surface area contributed by atoms with Gasteiger partial charge in [0, 0.05) is 12.6 Å². The molecule has 6 nitrogen and oxygen atoms in total. The molecule has 2 aromatic rings. The minimum Gasteiger partial charge on any atom is -0.367 e. The molecule has 124 valence electrons. The Hall–Kier alpha value is -1.86. The van der Waals surface area contributed by atoms with Crippen LogP contribution >= 0.6 is 11.3 Å². The van der Waals surface area contributed by atoms with Gasteiger partial charge in [-0.05, 0) is 35.7 Å². The Bertz CT molecular complexity index is 641. The van der Waals surface area contributed by atoms with Crippen molar-refractivity contribution in [3.8, 4) is 0 Å². The van der Waals surface area contributed by atoms with E-state index in [1.807, 2.05) is 31.4 Å². The summed E-state index contributed by atoms with van der Waals surface area (Å²) in [6.45, 7) is 5.50. The zero-order chi connectivity index (χ0) is 16.2. The first-order chi connectivity index (χ1) is 11.2. The van der Waals surface area contributed by atoms with Crippen molar-refractivity contribution in [1.82, 2.24) is 15.4 Å². The van der Waals surface area contributed by atoms with Crippen molar-refractivity contribution in [1.29, 1.82) is 0 Å². The second-order valence-corrected chi connectivity index (χ2v) is 6.47. The highest BCUT2D eigenvalue weighted by Gasteiger charge is 2.29. The summed E-state index contributed by atoms with van der Waals surface area (Å²) in [5, 5.41) is 10.9. The summed E-state index contributed by atoms with van der Waals surface area (Å²) in [5.74, 6) is 0.672. The third-order valence-corrected chi connectivity index (χ3v) is 4.55. The number of carbonyl (C=O) groups is 1. The summed E-state index contributed by atoms with van der Waals surface area (Å²) in [5.41, 5.74) is 2.02. The maximum atomic E-state index is 12.4. The molecule has 1 fully saturated rings. The maximum absolute atomic E-state index is 12.4. The summed E-state index contributed by atoms with van der Waals surface area (Å²) in [4.78, 5) is 14.2. The van der Waals surface area contributed by atoms with Crippen LogP contribution in [0.1, 0.15) is 37.0 Å². The molecular weight excluding hydrogens is 314 g/mol. The van der Waals surface area contributed by atoms with Gasteiger partial charge in [0.1, 0.15) is 6.10 Å². The SMILES string of the molecule is CCc1cc(CNC(=O)N2C[C@@H](C)O[C@@H](c3ccsc3)C2)on1. The summed E-state index contributed by atoms with van der Waals surface area (Å²) < 4.78 is 11.1. The molecule has 2 amide bonds. The van der Waals surface area contributed by atoms with Crippen molar-refractivity contribution in [2.45, 2.75) is 39.0 Å². The quantitative estimate of drug-likeness (QED) is 0.933. The van der Waals surface area contributed by atoms with Crippen molar-refractivity contribution in [2.24, 2.45) is 0 Å². The Morgan fingerprint density at radius 3 is 3.09 bits per heavy atom. The number of hydrogen-bond donors (Lipinski definition) is 1. The van der Waals surface area contributed by atoms with Crippen molar-refractivity contribution in [3.05, 3.63) is 39.9 Å². The summed E-state index contributed by atoms with van der Waals surface area (Å²) in [7, 11) is 0. The topological polar surface area (TPSA) is 67.6 Å². The fraction of sp³-hybridized carbons (Fsp3) is 0.500. The summed E-state index contributed by atoms with van der Waals surface area (Å²) in [6, 6.07) is 3.82. The smallest absolute Gasteiger partial charge is 0.317 e. The Morgan fingerprint density at radius 1 is 1.52 bits per heavy atom. The normalized spacial score (nSPS) is 21.4. The molecule has 0 aromatic carbocycles. The number of thiophene rings is 1. The van der Waals surface area contributed by atoms with Gasteiger partial charge in [0.25, 0.3) is 0 Å². The molecule has 2 aromatic heterocycles. The zero-order valence-electron chi connectivity index (χ0n) is 13.3. The molecule has 1 N–H and O–H groups in total. The molecule has 3 rings (SSSR count). The molecule has 0 bridgehead atoms. The van der Waals surface area contributed by atoms with Gasteiger partial charge in [0.05, 0.1) is 24.9 Å². The van der Waals surface area contributed by atoms with E-state index in [-0.39, 0.29) is 18.2 Å². The number of amides is 2. The lowest BCUT2D eigenvalue weighted by molar-refractivity contribution is -0.0655. The van der Waals surface area contributed by atoms with Gasteiger partial charge in [-0.2, -0.15) is 11.3 Å². The summed E-state index contributed by atoms with van der Waals surface area (Å²) in [6.07, 6.45) is 0.768. The Kier molecular flexibility index (Phi) is 4.97. The molecule has 3 heterocycles. The van der Waals surface area contributed by atoms with Gasteiger partial charge in [-0.1, -0.05) is 12.1 Å². The van der Waals surface area contributed by atoms with Gasteiger partial charge < -0.3 is 19.5 Å². The van der Waals surface area contributed by atoms with E-state index in [9.17, 15) is 4.79 Å². The minimum absolute atomic E-state index is 0.0105. The Morgan fingerprint density at radius 2 is 2.39 bits per heavy atom. The molecule has 23 heavy (non-hydrogen) atoms. The second kappa shape index (κ2) is 7.14. The number of hydrogen-bond acceptors (Lipinski definition) is 5. The minimum atomic E-state index is -0.102. The second-order valence-electron chi connectivity index (χ2n) is 5.69. The van der Waals surface area contributed by atoms with Gasteiger partial charge in [-0.3, -0.25) is 0 Å². The highest BCUT2D eigenvalue weighted by molar-refractivity contribution is 7.07. The van der Waals surface area contributed by atoms with Crippen LogP contribution in [0.2, 0.25) is 0 Å².